The van der Waals surface area contributed by atoms with E-state index in [1.807, 2.05) is 4.52 Å². The zero-order valence-electron chi connectivity index (χ0n) is 18.8. The number of likely N-dealkylation sites (tertiary alicyclic amines) is 1. The second-order valence-electron chi connectivity index (χ2n) is 9.73. The minimum Gasteiger partial charge on any atom is -0.355 e. The van der Waals surface area contributed by atoms with Crippen LogP contribution >= 0.6 is 0 Å². The fourth-order valence-corrected chi connectivity index (χ4v) is 5.52. The van der Waals surface area contributed by atoms with E-state index in [2.05, 4.69) is 41.2 Å². The SMILES string of the molecule is Cc1cn2nc(C3CCCCN3C(=O)C3CNCCC3C)cc2nc1N1CCC(N)C1. The van der Waals surface area contributed by atoms with Gasteiger partial charge in [0, 0.05) is 50.0 Å². The molecule has 0 aromatic carbocycles. The van der Waals surface area contributed by atoms with Crippen molar-refractivity contribution in [3.05, 3.63) is 23.5 Å². The average molecular weight is 426 g/mol. The molecule has 3 N–H and O–H groups in total. The molecule has 5 rings (SSSR count). The minimum atomic E-state index is 0.0426. The smallest absolute Gasteiger partial charge is 0.227 e. The number of aromatic nitrogens is 3. The fourth-order valence-electron chi connectivity index (χ4n) is 5.52. The summed E-state index contributed by atoms with van der Waals surface area (Å²) >= 11 is 0. The number of nitrogens with one attached hydrogen (secondary N) is 1. The number of rotatable bonds is 3. The summed E-state index contributed by atoms with van der Waals surface area (Å²) in [7, 11) is 0. The van der Waals surface area contributed by atoms with E-state index in [4.69, 9.17) is 15.8 Å². The van der Waals surface area contributed by atoms with E-state index in [0.717, 1.165) is 87.6 Å². The van der Waals surface area contributed by atoms with Crippen LogP contribution < -0.4 is 16.0 Å². The number of piperidine rings is 2. The van der Waals surface area contributed by atoms with E-state index in [-0.39, 0.29) is 23.9 Å². The first-order chi connectivity index (χ1) is 15.0. The molecule has 0 aliphatic carbocycles. The van der Waals surface area contributed by atoms with Crippen LogP contribution in [0, 0.1) is 18.8 Å². The standard InChI is InChI=1S/C23H35N7O/c1-15-6-8-25-12-18(15)23(31)29-9-4-3-5-20(29)19-11-21-26-22(16(2)13-30(21)27-19)28-10-7-17(24)14-28/h11,13,15,17-18,20,25H,3-10,12,14,24H2,1-2H3. The topological polar surface area (TPSA) is 91.8 Å². The number of nitrogens with zero attached hydrogens (tertiary/aromatic N) is 5. The van der Waals surface area contributed by atoms with Crippen LogP contribution in [0.2, 0.25) is 0 Å². The maximum Gasteiger partial charge on any atom is 0.227 e. The Balaban J connectivity index is 1.43. The molecular formula is C23H35N7O. The predicted molar refractivity (Wildman–Crippen MR) is 121 cm³/mol. The number of amides is 1. The average Bonchev–Trinajstić information content (AvgIpc) is 3.38. The zero-order valence-corrected chi connectivity index (χ0v) is 18.8. The van der Waals surface area contributed by atoms with Crippen LogP contribution in [0.1, 0.15) is 56.3 Å². The third-order valence-corrected chi connectivity index (χ3v) is 7.42. The van der Waals surface area contributed by atoms with Crippen molar-refractivity contribution in [2.24, 2.45) is 17.6 Å². The molecular weight excluding hydrogens is 390 g/mol. The van der Waals surface area contributed by atoms with E-state index in [9.17, 15) is 4.79 Å². The molecule has 3 fully saturated rings. The number of hydrogen-bond donors (Lipinski definition) is 2. The van der Waals surface area contributed by atoms with Crippen molar-refractivity contribution >= 4 is 17.4 Å². The van der Waals surface area contributed by atoms with E-state index < -0.39 is 0 Å². The molecule has 8 heteroatoms. The van der Waals surface area contributed by atoms with Crippen LogP contribution in [-0.2, 0) is 4.79 Å². The second-order valence-corrected chi connectivity index (χ2v) is 9.73. The van der Waals surface area contributed by atoms with Crippen molar-refractivity contribution in [2.75, 3.05) is 37.6 Å². The predicted octanol–water partition coefficient (Wildman–Crippen LogP) is 1.87. The summed E-state index contributed by atoms with van der Waals surface area (Å²) in [4.78, 5) is 22.8. The van der Waals surface area contributed by atoms with E-state index in [1.165, 1.54) is 0 Å². The molecule has 1 amide bonds. The Labute approximate surface area is 184 Å². The highest BCUT2D eigenvalue weighted by molar-refractivity contribution is 5.80. The molecule has 3 aliphatic rings. The number of hydrogen-bond acceptors (Lipinski definition) is 6. The zero-order chi connectivity index (χ0) is 21.5. The number of aryl methyl sites for hydroxylation is 1. The van der Waals surface area contributed by atoms with Gasteiger partial charge in [0.2, 0.25) is 5.91 Å². The Morgan fingerprint density at radius 1 is 1.23 bits per heavy atom. The second kappa shape index (κ2) is 8.39. The van der Waals surface area contributed by atoms with E-state index in [1.54, 1.807) is 0 Å². The molecule has 8 nitrogen and oxygen atoms in total. The van der Waals surface area contributed by atoms with E-state index >= 15 is 0 Å². The van der Waals surface area contributed by atoms with Gasteiger partial charge in [-0.15, -0.1) is 0 Å². The van der Waals surface area contributed by atoms with Crippen molar-refractivity contribution in [2.45, 2.75) is 58.0 Å². The lowest BCUT2D eigenvalue weighted by atomic mass is 9.85. The third-order valence-electron chi connectivity index (χ3n) is 7.42. The lowest BCUT2D eigenvalue weighted by Crippen LogP contribution is -2.49. The highest BCUT2D eigenvalue weighted by Crippen LogP contribution is 2.34. The van der Waals surface area contributed by atoms with Gasteiger partial charge in [-0.25, -0.2) is 9.50 Å². The minimum absolute atomic E-state index is 0.0426. The molecule has 168 valence electrons. The first-order valence-electron chi connectivity index (χ1n) is 11.9. The van der Waals surface area contributed by atoms with Crippen molar-refractivity contribution in [1.82, 2.24) is 24.8 Å². The highest BCUT2D eigenvalue weighted by Gasteiger charge is 2.37. The van der Waals surface area contributed by atoms with Crippen LogP contribution in [0.25, 0.3) is 5.65 Å². The van der Waals surface area contributed by atoms with Crippen molar-refractivity contribution in [3.8, 4) is 0 Å². The molecule has 4 atom stereocenters. The quantitative estimate of drug-likeness (QED) is 0.780. The van der Waals surface area contributed by atoms with Crippen LogP contribution in [0.15, 0.2) is 12.3 Å². The Morgan fingerprint density at radius 2 is 2.10 bits per heavy atom. The van der Waals surface area contributed by atoms with Crippen LogP contribution in [0.3, 0.4) is 0 Å². The van der Waals surface area contributed by atoms with Crippen molar-refractivity contribution < 1.29 is 4.79 Å². The third kappa shape index (κ3) is 3.91. The summed E-state index contributed by atoms with van der Waals surface area (Å²) < 4.78 is 1.88. The van der Waals surface area contributed by atoms with Gasteiger partial charge in [-0.1, -0.05) is 6.92 Å². The number of carbonyl (C=O) groups excluding carboxylic acids is 1. The molecule has 2 aromatic heterocycles. The number of nitrogens with two attached hydrogens (primary N) is 1. The normalized spacial score (nSPS) is 29.6. The van der Waals surface area contributed by atoms with Gasteiger partial charge in [-0.2, -0.15) is 5.10 Å². The van der Waals surface area contributed by atoms with Gasteiger partial charge in [0.05, 0.1) is 17.7 Å². The van der Waals surface area contributed by atoms with Gasteiger partial charge in [0.25, 0.3) is 0 Å². The summed E-state index contributed by atoms with van der Waals surface area (Å²) in [5, 5.41) is 8.29. The highest BCUT2D eigenvalue weighted by atomic mass is 16.2. The van der Waals surface area contributed by atoms with E-state index in [0.29, 0.717) is 5.92 Å². The van der Waals surface area contributed by atoms with Gasteiger partial charge < -0.3 is 20.9 Å². The van der Waals surface area contributed by atoms with Gasteiger partial charge in [-0.3, -0.25) is 4.79 Å². The van der Waals surface area contributed by atoms with Crippen LogP contribution in [0.5, 0.6) is 0 Å². The molecule has 0 bridgehead atoms. The van der Waals surface area contributed by atoms with Crippen LogP contribution in [-0.4, -0.2) is 64.2 Å². The molecule has 2 aromatic rings. The molecule has 0 radical (unpaired) electrons. The number of carbonyl (C=O) groups is 1. The number of anilines is 1. The molecule has 0 spiro atoms. The van der Waals surface area contributed by atoms with Gasteiger partial charge in [-0.05, 0) is 51.5 Å². The maximum atomic E-state index is 13.5. The van der Waals surface area contributed by atoms with Gasteiger partial charge in [0.1, 0.15) is 5.82 Å². The largest absolute Gasteiger partial charge is 0.355 e. The van der Waals surface area contributed by atoms with Gasteiger partial charge in [0.15, 0.2) is 5.65 Å². The lowest BCUT2D eigenvalue weighted by molar-refractivity contribution is -0.141. The number of fused-ring (bicyclic) bond motifs is 1. The molecule has 0 saturated carbocycles. The van der Waals surface area contributed by atoms with Gasteiger partial charge >= 0.3 is 0 Å². The maximum absolute atomic E-state index is 13.5. The van der Waals surface area contributed by atoms with Crippen LogP contribution in [0.4, 0.5) is 5.82 Å². The lowest BCUT2D eigenvalue weighted by Gasteiger charge is -2.39. The van der Waals surface area contributed by atoms with Crippen molar-refractivity contribution in [1.29, 1.82) is 0 Å². The molecule has 3 saturated heterocycles. The molecule has 4 unspecified atom stereocenters. The summed E-state index contributed by atoms with van der Waals surface area (Å²) in [6, 6.07) is 2.34. The first-order valence-corrected chi connectivity index (χ1v) is 11.9. The molecule has 3 aliphatic heterocycles. The molecule has 31 heavy (non-hydrogen) atoms. The summed E-state index contributed by atoms with van der Waals surface area (Å²) in [6.07, 6.45) is 7.30. The summed E-state index contributed by atoms with van der Waals surface area (Å²) in [5.74, 6) is 1.79. The Hall–Kier alpha value is -2.19. The monoisotopic (exact) mass is 425 g/mol. The molecule has 5 heterocycles. The summed E-state index contributed by atoms with van der Waals surface area (Å²) in [6.45, 7) is 8.72. The Bertz CT molecular complexity index is 957. The Morgan fingerprint density at radius 3 is 2.87 bits per heavy atom. The Kier molecular flexibility index (Phi) is 5.60. The van der Waals surface area contributed by atoms with Crippen molar-refractivity contribution in [3.63, 3.8) is 0 Å². The fraction of sp³-hybridized carbons (Fsp3) is 0.696. The summed E-state index contributed by atoms with van der Waals surface area (Å²) in [5.41, 5.74) is 9.03. The first kappa shape index (κ1) is 20.7.